The fraction of sp³-hybridized carbons (Fsp3) is 0.375. The maximum atomic E-state index is 12.6. The first kappa shape index (κ1) is 17.7. The van der Waals surface area contributed by atoms with Gasteiger partial charge in [0.15, 0.2) is 4.34 Å². The third-order valence-corrected chi connectivity index (χ3v) is 5.64. The highest BCUT2D eigenvalue weighted by molar-refractivity contribution is 8.01. The van der Waals surface area contributed by atoms with Crippen LogP contribution in [0.5, 0.6) is 0 Å². The van der Waals surface area contributed by atoms with Gasteiger partial charge in [0.25, 0.3) is 0 Å². The lowest BCUT2D eigenvalue weighted by atomic mass is 10.1. The van der Waals surface area contributed by atoms with Crippen molar-refractivity contribution in [3.63, 3.8) is 0 Å². The van der Waals surface area contributed by atoms with Gasteiger partial charge in [-0.3, -0.25) is 10.1 Å². The van der Waals surface area contributed by atoms with Gasteiger partial charge in [-0.05, 0) is 25.3 Å². The highest BCUT2D eigenvalue weighted by atomic mass is 32.2. The number of benzene rings is 1. The van der Waals surface area contributed by atoms with Crippen LogP contribution in [-0.4, -0.2) is 34.7 Å². The van der Waals surface area contributed by atoms with Crippen molar-refractivity contribution in [1.82, 2.24) is 20.8 Å². The summed E-state index contributed by atoms with van der Waals surface area (Å²) in [5.41, 5.74) is 0.807. The maximum Gasteiger partial charge on any atom is 0.321 e. The van der Waals surface area contributed by atoms with Crippen molar-refractivity contribution in [2.75, 3.05) is 11.9 Å². The molecule has 2 aromatic rings. The molecule has 3 amide bonds. The second kappa shape index (κ2) is 8.30. The Kier molecular flexibility index (Phi) is 5.87. The van der Waals surface area contributed by atoms with Crippen LogP contribution in [0.15, 0.2) is 34.7 Å². The molecule has 1 saturated carbocycles. The zero-order valence-electron chi connectivity index (χ0n) is 13.7. The largest absolute Gasteiger partial charge is 0.357 e. The zero-order valence-corrected chi connectivity index (χ0v) is 15.3. The number of carbonyl (C=O) groups is 2. The molecule has 1 heterocycles. The first-order valence-electron chi connectivity index (χ1n) is 8.06. The van der Waals surface area contributed by atoms with E-state index in [1.807, 2.05) is 30.3 Å². The van der Waals surface area contributed by atoms with Gasteiger partial charge in [-0.2, -0.15) is 0 Å². The minimum absolute atomic E-state index is 0.381. The molecule has 0 radical (unpaired) electrons. The van der Waals surface area contributed by atoms with Crippen molar-refractivity contribution in [3.05, 3.63) is 35.9 Å². The number of imide groups is 1. The van der Waals surface area contributed by atoms with Gasteiger partial charge in [0.1, 0.15) is 5.25 Å². The maximum absolute atomic E-state index is 12.6. The zero-order chi connectivity index (χ0) is 17.6. The van der Waals surface area contributed by atoms with Gasteiger partial charge >= 0.3 is 6.03 Å². The molecule has 9 heteroatoms. The highest BCUT2D eigenvalue weighted by Crippen LogP contribution is 2.38. The van der Waals surface area contributed by atoms with E-state index in [1.165, 1.54) is 23.1 Å². The molecule has 1 atom stereocenters. The van der Waals surface area contributed by atoms with Crippen LogP contribution in [0.2, 0.25) is 0 Å². The lowest BCUT2D eigenvalue weighted by Gasteiger charge is -2.15. The number of aromatic nitrogens is 2. The fourth-order valence-electron chi connectivity index (χ4n) is 2.10. The topological polar surface area (TPSA) is 96.0 Å². The molecule has 0 unspecified atom stereocenters. The van der Waals surface area contributed by atoms with Crippen LogP contribution in [0.3, 0.4) is 0 Å². The minimum Gasteiger partial charge on any atom is -0.357 e. The van der Waals surface area contributed by atoms with Crippen molar-refractivity contribution >= 4 is 40.2 Å². The number of thioether (sulfide) groups is 1. The summed E-state index contributed by atoms with van der Waals surface area (Å²) in [5, 5.41) is 16.7. The third kappa shape index (κ3) is 5.17. The Bertz CT molecular complexity index is 733. The number of urea groups is 1. The van der Waals surface area contributed by atoms with E-state index in [4.69, 9.17) is 0 Å². The van der Waals surface area contributed by atoms with Crippen molar-refractivity contribution in [2.45, 2.75) is 35.4 Å². The van der Waals surface area contributed by atoms with Crippen molar-refractivity contribution in [3.8, 4) is 0 Å². The molecule has 3 N–H and O–H groups in total. The predicted molar refractivity (Wildman–Crippen MR) is 98.8 cm³/mol. The van der Waals surface area contributed by atoms with Gasteiger partial charge < -0.3 is 10.6 Å². The van der Waals surface area contributed by atoms with Crippen LogP contribution >= 0.6 is 23.1 Å². The van der Waals surface area contributed by atoms with Gasteiger partial charge in [0, 0.05) is 12.6 Å². The average molecular weight is 377 g/mol. The van der Waals surface area contributed by atoms with E-state index in [2.05, 4.69) is 26.1 Å². The van der Waals surface area contributed by atoms with Crippen molar-refractivity contribution < 1.29 is 9.59 Å². The van der Waals surface area contributed by atoms with Crippen LogP contribution in [0.1, 0.15) is 30.6 Å². The second-order valence-corrected chi connectivity index (χ2v) is 7.88. The number of carbonyl (C=O) groups excluding carboxylic acids is 2. The van der Waals surface area contributed by atoms with Gasteiger partial charge in [-0.1, -0.05) is 53.4 Å². The highest BCUT2D eigenvalue weighted by Gasteiger charge is 2.26. The van der Waals surface area contributed by atoms with Crippen LogP contribution in [0, 0.1) is 0 Å². The Morgan fingerprint density at radius 3 is 2.72 bits per heavy atom. The van der Waals surface area contributed by atoms with E-state index >= 15 is 0 Å². The fourth-order valence-corrected chi connectivity index (χ4v) is 4.12. The number of hydrogen-bond donors (Lipinski definition) is 3. The van der Waals surface area contributed by atoms with Gasteiger partial charge in [0.2, 0.25) is 11.0 Å². The molecule has 1 aliphatic rings. The number of anilines is 1. The van der Waals surface area contributed by atoms with Crippen LogP contribution in [-0.2, 0) is 4.79 Å². The van der Waals surface area contributed by atoms with Gasteiger partial charge in [-0.15, -0.1) is 10.2 Å². The average Bonchev–Trinajstić information content (AvgIpc) is 3.30. The molecular weight excluding hydrogens is 358 g/mol. The quantitative estimate of drug-likeness (QED) is 0.642. The van der Waals surface area contributed by atoms with E-state index < -0.39 is 11.3 Å². The number of nitrogens with one attached hydrogen (secondary N) is 3. The van der Waals surface area contributed by atoms with E-state index in [0.29, 0.717) is 16.9 Å². The normalized spacial score (nSPS) is 14.6. The number of hydrogen-bond acceptors (Lipinski definition) is 7. The molecule has 0 aliphatic heterocycles. The second-order valence-electron chi connectivity index (χ2n) is 5.55. The third-order valence-electron chi connectivity index (χ3n) is 3.44. The van der Waals surface area contributed by atoms with Crippen molar-refractivity contribution in [1.29, 1.82) is 0 Å². The summed E-state index contributed by atoms with van der Waals surface area (Å²) in [5.74, 6) is -0.381. The molecular formula is C16H19N5O2S2. The number of amides is 3. The van der Waals surface area contributed by atoms with Crippen LogP contribution < -0.4 is 16.0 Å². The summed E-state index contributed by atoms with van der Waals surface area (Å²) in [6.07, 6.45) is 2.31. The summed E-state index contributed by atoms with van der Waals surface area (Å²) in [6.45, 7) is 2.25. The summed E-state index contributed by atoms with van der Waals surface area (Å²) in [7, 11) is 0. The first-order valence-corrected chi connectivity index (χ1v) is 9.75. The first-order chi connectivity index (χ1) is 12.2. The van der Waals surface area contributed by atoms with E-state index in [-0.39, 0.29) is 5.91 Å². The molecule has 1 aliphatic carbocycles. The molecule has 1 aromatic heterocycles. The molecule has 25 heavy (non-hydrogen) atoms. The molecule has 1 fully saturated rings. The van der Waals surface area contributed by atoms with Gasteiger partial charge in [-0.25, -0.2) is 4.79 Å². The molecule has 1 aromatic carbocycles. The monoisotopic (exact) mass is 377 g/mol. The Labute approximate surface area is 154 Å². The molecule has 3 rings (SSSR count). The van der Waals surface area contributed by atoms with Gasteiger partial charge in [0.05, 0.1) is 0 Å². The summed E-state index contributed by atoms with van der Waals surface area (Å²) in [4.78, 5) is 24.3. The SMILES string of the molecule is CCNC(=O)NC(=O)[C@H](Sc1nnc(NC2CC2)s1)c1ccccc1. The molecule has 0 spiro atoms. The Morgan fingerprint density at radius 1 is 1.28 bits per heavy atom. The van der Waals surface area contributed by atoms with E-state index in [9.17, 15) is 9.59 Å². The smallest absolute Gasteiger partial charge is 0.321 e. The minimum atomic E-state index is -0.578. The number of rotatable bonds is 7. The molecule has 0 saturated heterocycles. The Balaban J connectivity index is 1.72. The Morgan fingerprint density at radius 2 is 2.04 bits per heavy atom. The Hall–Kier alpha value is -2.13. The van der Waals surface area contributed by atoms with E-state index in [1.54, 1.807) is 6.92 Å². The van der Waals surface area contributed by atoms with E-state index in [0.717, 1.165) is 23.5 Å². The van der Waals surface area contributed by atoms with Crippen molar-refractivity contribution in [2.24, 2.45) is 0 Å². The van der Waals surface area contributed by atoms with Crippen LogP contribution in [0.25, 0.3) is 0 Å². The summed E-state index contributed by atoms with van der Waals surface area (Å²) < 4.78 is 0.683. The summed E-state index contributed by atoms with van der Waals surface area (Å²) >= 11 is 2.71. The standard InChI is InChI=1S/C16H19N5O2S2/c1-2-17-14(23)19-13(22)12(10-6-4-3-5-7-10)24-16-21-20-15(25-16)18-11-8-9-11/h3-7,11-12H,2,8-9H2,1H3,(H,18,20)(H2,17,19,22,23)/t12-/m1/s1. The lowest BCUT2D eigenvalue weighted by Crippen LogP contribution is -2.41. The molecule has 132 valence electrons. The molecule has 7 nitrogen and oxygen atoms in total. The summed E-state index contributed by atoms with van der Waals surface area (Å²) in [6, 6.07) is 9.33. The van der Waals surface area contributed by atoms with Crippen LogP contribution in [0.4, 0.5) is 9.93 Å². The predicted octanol–water partition coefficient (Wildman–Crippen LogP) is 2.79. The molecule has 0 bridgehead atoms. The number of nitrogens with zero attached hydrogens (tertiary/aromatic N) is 2. The lowest BCUT2D eigenvalue weighted by molar-refractivity contribution is -0.119.